The van der Waals surface area contributed by atoms with Gasteiger partial charge >= 0.3 is 0 Å². The molecule has 1 saturated carbocycles. The second kappa shape index (κ2) is 7.69. The van der Waals surface area contributed by atoms with Gasteiger partial charge in [-0.15, -0.1) is 0 Å². The van der Waals surface area contributed by atoms with Gasteiger partial charge in [0.2, 0.25) is 0 Å². The highest BCUT2D eigenvalue weighted by Gasteiger charge is 2.28. The summed E-state index contributed by atoms with van der Waals surface area (Å²) in [5.41, 5.74) is 0. The van der Waals surface area contributed by atoms with Gasteiger partial charge in [0.1, 0.15) is 5.75 Å². The zero-order valence-corrected chi connectivity index (χ0v) is 14.7. The highest BCUT2D eigenvalue weighted by Crippen LogP contribution is 2.28. The van der Waals surface area contributed by atoms with Gasteiger partial charge in [-0.3, -0.25) is 4.79 Å². The molecule has 0 N–H and O–H groups in total. The predicted molar refractivity (Wildman–Crippen MR) is 98.3 cm³/mol. The van der Waals surface area contributed by atoms with Gasteiger partial charge in [-0.05, 0) is 30.7 Å². The Bertz CT molecular complexity index is 686. The lowest BCUT2D eigenvalue weighted by atomic mass is 9.94. The molecule has 3 rings (SSSR count). The van der Waals surface area contributed by atoms with E-state index in [4.69, 9.17) is 4.74 Å². The van der Waals surface area contributed by atoms with Crippen LogP contribution in [0.25, 0.3) is 10.8 Å². The molecule has 0 heterocycles. The summed E-state index contributed by atoms with van der Waals surface area (Å²) < 4.78 is 6.16. The standard InChI is InChI=1S/C21H27NO2/c1-3-19(21(23)22(2)17-12-5-4-6-13-17)24-20-15-9-11-16-10-7-8-14-18(16)20/h7-11,14-15,17,19H,3-6,12-13H2,1-2H3/t19-/m0/s1. The molecule has 1 atom stereocenters. The van der Waals surface area contributed by atoms with E-state index < -0.39 is 6.10 Å². The fourth-order valence-electron chi connectivity index (χ4n) is 3.64. The number of hydrogen-bond acceptors (Lipinski definition) is 2. The molecule has 24 heavy (non-hydrogen) atoms. The van der Waals surface area contributed by atoms with Crippen LogP contribution in [-0.2, 0) is 4.79 Å². The Morgan fingerprint density at radius 1 is 1.12 bits per heavy atom. The Labute approximate surface area is 144 Å². The number of amides is 1. The molecule has 1 amide bonds. The third-order valence-electron chi connectivity index (χ3n) is 5.14. The van der Waals surface area contributed by atoms with Gasteiger partial charge in [0.15, 0.2) is 6.10 Å². The first-order chi connectivity index (χ1) is 11.7. The minimum absolute atomic E-state index is 0.109. The molecular weight excluding hydrogens is 298 g/mol. The van der Waals surface area contributed by atoms with Crippen LogP contribution in [0.4, 0.5) is 0 Å². The first-order valence-corrected chi connectivity index (χ1v) is 9.11. The van der Waals surface area contributed by atoms with Gasteiger partial charge in [0.05, 0.1) is 0 Å². The van der Waals surface area contributed by atoms with Crippen LogP contribution in [0, 0.1) is 0 Å². The van der Waals surface area contributed by atoms with Crippen LogP contribution in [0.2, 0.25) is 0 Å². The Balaban J connectivity index is 1.76. The number of likely N-dealkylation sites (N-methyl/N-ethyl adjacent to an activating group) is 1. The number of carbonyl (C=O) groups is 1. The zero-order chi connectivity index (χ0) is 16.9. The van der Waals surface area contributed by atoms with Gasteiger partial charge in [0, 0.05) is 18.5 Å². The normalized spacial score (nSPS) is 16.8. The molecule has 2 aromatic carbocycles. The van der Waals surface area contributed by atoms with Crippen molar-refractivity contribution in [2.45, 2.75) is 57.6 Å². The average molecular weight is 325 g/mol. The monoisotopic (exact) mass is 325 g/mol. The van der Waals surface area contributed by atoms with Gasteiger partial charge < -0.3 is 9.64 Å². The van der Waals surface area contributed by atoms with E-state index in [0.717, 1.165) is 29.4 Å². The van der Waals surface area contributed by atoms with E-state index in [1.807, 2.05) is 49.2 Å². The summed E-state index contributed by atoms with van der Waals surface area (Å²) in [6.07, 6.45) is 6.25. The minimum Gasteiger partial charge on any atom is -0.480 e. The lowest BCUT2D eigenvalue weighted by Crippen LogP contribution is -2.45. The molecule has 1 fully saturated rings. The van der Waals surface area contributed by atoms with Crippen LogP contribution in [0.15, 0.2) is 42.5 Å². The maximum Gasteiger partial charge on any atom is 0.263 e. The summed E-state index contributed by atoms with van der Waals surface area (Å²) in [4.78, 5) is 14.8. The smallest absolute Gasteiger partial charge is 0.263 e. The van der Waals surface area contributed by atoms with Crippen LogP contribution in [0.3, 0.4) is 0 Å². The molecular formula is C21H27NO2. The van der Waals surface area contributed by atoms with Crippen molar-refractivity contribution in [3.05, 3.63) is 42.5 Å². The second-order valence-corrected chi connectivity index (χ2v) is 6.73. The maximum absolute atomic E-state index is 12.9. The van der Waals surface area contributed by atoms with E-state index in [1.165, 1.54) is 19.3 Å². The molecule has 1 aliphatic carbocycles. The molecule has 3 nitrogen and oxygen atoms in total. The van der Waals surface area contributed by atoms with Crippen LogP contribution >= 0.6 is 0 Å². The molecule has 0 saturated heterocycles. The summed E-state index contributed by atoms with van der Waals surface area (Å²) in [7, 11) is 1.94. The second-order valence-electron chi connectivity index (χ2n) is 6.73. The summed E-state index contributed by atoms with van der Waals surface area (Å²) in [5, 5.41) is 2.20. The fourth-order valence-corrected chi connectivity index (χ4v) is 3.64. The topological polar surface area (TPSA) is 29.5 Å². The molecule has 0 aliphatic heterocycles. The van der Waals surface area contributed by atoms with Crippen LogP contribution in [0.1, 0.15) is 45.4 Å². The number of hydrogen-bond donors (Lipinski definition) is 0. The highest BCUT2D eigenvalue weighted by atomic mass is 16.5. The van der Waals surface area contributed by atoms with E-state index in [2.05, 4.69) is 12.1 Å². The van der Waals surface area contributed by atoms with E-state index >= 15 is 0 Å². The van der Waals surface area contributed by atoms with Crippen molar-refractivity contribution in [2.75, 3.05) is 7.05 Å². The zero-order valence-electron chi connectivity index (χ0n) is 14.7. The minimum atomic E-state index is -0.414. The van der Waals surface area contributed by atoms with Crippen molar-refractivity contribution >= 4 is 16.7 Å². The van der Waals surface area contributed by atoms with Crippen molar-refractivity contribution in [2.24, 2.45) is 0 Å². The van der Waals surface area contributed by atoms with Crippen LogP contribution in [0.5, 0.6) is 5.75 Å². The largest absolute Gasteiger partial charge is 0.480 e. The third-order valence-corrected chi connectivity index (χ3v) is 5.14. The summed E-state index contributed by atoms with van der Waals surface area (Å²) in [5.74, 6) is 0.905. The Morgan fingerprint density at radius 3 is 2.58 bits per heavy atom. The number of nitrogens with zero attached hydrogens (tertiary/aromatic N) is 1. The summed E-state index contributed by atoms with van der Waals surface area (Å²) in [6.45, 7) is 2.02. The lowest BCUT2D eigenvalue weighted by Gasteiger charge is -2.33. The van der Waals surface area contributed by atoms with Gasteiger partial charge in [-0.25, -0.2) is 0 Å². The first-order valence-electron chi connectivity index (χ1n) is 9.11. The van der Waals surface area contributed by atoms with Gasteiger partial charge in [-0.2, -0.15) is 0 Å². The van der Waals surface area contributed by atoms with Crippen molar-refractivity contribution < 1.29 is 9.53 Å². The Morgan fingerprint density at radius 2 is 1.83 bits per heavy atom. The summed E-state index contributed by atoms with van der Waals surface area (Å²) in [6, 6.07) is 14.5. The highest BCUT2D eigenvalue weighted by molar-refractivity contribution is 5.89. The van der Waals surface area contributed by atoms with Gasteiger partial charge in [0.25, 0.3) is 5.91 Å². The number of fused-ring (bicyclic) bond motifs is 1. The number of carbonyl (C=O) groups excluding carboxylic acids is 1. The average Bonchev–Trinajstić information content (AvgIpc) is 2.65. The molecule has 3 heteroatoms. The molecule has 2 aromatic rings. The fraction of sp³-hybridized carbons (Fsp3) is 0.476. The molecule has 0 unspecified atom stereocenters. The molecule has 0 radical (unpaired) electrons. The Kier molecular flexibility index (Phi) is 5.39. The SMILES string of the molecule is CC[C@H](Oc1cccc2ccccc12)C(=O)N(C)C1CCCCC1. The molecule has 128 valence electrons. The molecule has 0 bridgehead atoms. The quantitative estimate of drug-likeness (QED) is 0.791. The molecule has 0 aromatic heterocycles. The van der Waals surface area contributed by atoms with Crippen molar-refractivity contribution in [1.82, 2.24) is 4.90 Å². The van der Waals surface area contributed by atoms with E-state index in [0.29, 0.717) is 12.5 Å². The van der Waals surface area contributed by atoms with Crippen molar-refractivity contribution in [1.29, 1.82) is 0 Å². The third kappa shape index (κ3) is 3.55. The lowest BCUT2D eigenvalue weighted by molar-refractivity contribution is -0.140. The number of rotatable bonds is 5. The summed E-state index contributed by atoms with van der Waals surface area (Å²) >= 11 is 0. The number of benzene rings is 2. The van der Waals surface area contributed by atoms with E-state index in [1.54, 1.807) is 0 Å². The van der Waals surface area contributed by atoms with Gasteiger partial charge in [-0.1, -0.05) is 62.6 Å². The first kappa shape index (κ1) is 16.8. The molecule has 1 aliphatic rings. The maximum atomic E-state index is 12.9. The van der Waals surface area contributed by atoms with E-state index in [-0.39, 0.29) is 5.91 Å². The number of ether oxygens (including phenoxy) is 1. The molecule has 0 spiro atoms. The van der Waals surface area contributed by atoms with Crippen molar-refractivity contribution in [3.8, 4) is 5.75 Å². The van der Waals surface area contributed by atoms with Crippen LogP contribution in [-0.4, -0.2) is 30.0 Å². The van der Waals surface area contributed by atoms with Crippen molar-refractivity contribution in [3.63, 3.8) is 0 Å². The van der Waals surface area contributed by atoms with E-state index in [9.17, 15) is 4.79 Å². The predicted octanol–water partition coefficient (Wildman–Crippen LogP) is 4.79. The van der Waals surface area contributed by atoms with Crippen LogP contribution < -0.4 is 4.74 Å². The Hall–Kier alpha value is -2.03.